The molecule has 1 aromatic carbocycles. The Balaban J connectivity index is 2.43. The predicted octanol–water partition coefficient (Wildman–Crippen LogP) is 5.97. The lowest BCUT2D eigenvalue weighted by atomic mass is 9.95. The smallest absolute Gasteiger partial charge is 0.419 e. The van der Waals surface area contributed by atoms with Gasteiger partial charge in [-0.15, -0.1) is 0 Å². The highest BCUT2D eigenvalue weighted by Gasteiger charge is 2.28. The van der Waals surface area contributed by atoms with E-state index in [4.69, 9.17) is 4.74 Å². The van der Waals surface area contributed by atoms with Crippen molar-refractivity contribution >= 4 is 23.3 Å². The van der Waals surface area contributed by atoms with Crippen LogP contribution in [0.5, 0.6) is 0 Å². The molecule has 2 heterocycles. The lowest BCUT2D eigenvalue weighted by Crippen LogP contribution is -2.27. The van der Waals surface area contributed by atoms with Gasteiger partial charge in [0.25, 0.3) is 0 Å². The van der Waals surface area contributed by atoms with Gasteiger partial charge < -0.3 is 9.53 Å². The first-order valence-electron chi connectivity index (χ1n) is 10.3. The summed E-state index contributed by atoms with van der Waals surface area (Å²) < 4.78 is 7.45. The molecule has 5 heteroatoms. The maximum absolute atomic E-state index is 13.4. The van der Waals surface area contributed by atoms with Gasteiger partial charge in [0.15, 0.2) is 0 Å². The van der Waals surface area contributed by atoms with Gasteiger partial charge in [-0.05, 0) is 75.9 Å². The molecule has 0 fully saturated rings. The Bertz CT molecular complexity index is 1100. The maximum Gasteiger partial charge on any atom is 0.419 e. The summed E-state index contributed by atoms with van der Waals surface area (Å²) in [6.07, 6.45) is 0.829. The van der Waals surface area contributed by atoms with Gasteiger partial charge in [-0.3, -0.25) is 4.98 Å². The Morgan fingerprint density at radius 2 is 1.77 bits per heavy atom. The normalized spacial score (nSPS) is 11.9. The molecule has 0 unspecified atom stereocenters. The molecule has 0 aliphatic carbocycles. The van der Waals surface area contributed by atoms with Crippen molar-refractivity contribution < 1.29 is 14.3 Å². The van der Waals surface area contributed by atoms with E-state index < -0.39 is 11.7 Å². The van der Waals surface area contributed by atoms with Crippen LogP contribution < -0.4 is 0 Å². The van der Waals surface area contributed by atoms with E-state index in [2.05, 4.69) is 18.8 Å². The van der Waals surface area contributed by atoms with E-state index in [1.165, 1.54) is 0 Å². The van der Waals surface area contributed by atoms with Crippen LogP contribution in [0.1, 0.15) is 63.1 Å². The van der Waals surface area contributed by atoms with Crippen molar-refractivity contribution in [3.8, 4) is 11.3 Å². The van der Waals surface area contributed by atoms with Crippen LogP contribution in [-0.4, -0.2) is 27.5 Å². The summed E-state index contributed by atoms with van der Waals surface area (Å²) in [5, 5.41) is 0.970. The first-order chi connectivity index (χ1) is 14.0. The van der Waals surface area contributed by atoms with Crippen molar-refractivity contribution in [1.82, 2.24) is 9.55 Å². The fraction of sp³-hybridized carbons (Fsp3) is 0.400. The van der Waals surface area contributed by atoms with E-state index in [1.807, 2.05) is 65.0 Å². The van der Waals surface area contributed by atoms with Crippen molar-refractivity contribution in [2.24, 2.45) is 0 Å². The number of pyridine rings is 1. The molecule has 3 aromatic rings. The number of hydrogen-bond donors (Lipinski definition) is 0. The molecule has 2 aromatic heterocycles. The number of carbonyl (C=O) groups is 2. The molecule has 0 atom stereocenters. The second-order valence-electron chi connectivity index (χ2n) is 9.09. The second-order valence-corrected chi connectivity index (χ2v) is 9.09. The van der Waals surface area contributed by atoms with E-state index in [0.29, 0.717) is 6.42 Å². The number of fused-ring (bicyclic) bond motifs is 1. The van der Waals surface area contributed by atoms with E-state index in [0.717, 1.165) is 51.0 Å². The van der Waals surface area contributed by atoms with Crippen LogP contribution in [0.25, 0.3) is 22.2 Å². The number of hydrogen-bond acceptors (Lipinski definition) is 4. The average molecular weight is 407 g/mol. The minimum Gasteiger partial charge on any atom is -0.443 e. The highest BCUT2D eigenvalue weighted by Crippen LogP contribution is 2.39. The fourth-order valence-electron chi connectivity index (χ4n) is 3.92. The molecule has 0 bridgehead atoms. The molecule has 5 nitrogen and oxygen atoms in total. The van der Waals surface area contributed by atoms with Crippen molar-refractivity contribution in [3.05, 3.63) is 52.8 Å². The summed E-state index contributed by atoms with van der Waals surface area (Å²) in [5.41, 5.74) is 5.69. The topological polar surface area (TPSA) is 61.2 Å². The summed E-state index contributed by atoms with van der Waals surface area (Å²) in [6.45, 7) is 13.7. The Morgan fingerprint density at radius 1 is 1.13 bits per heavy atom. The lowest BCUT2D eigenvalue weighted by molar-refractivity contribution is -0.107. The maximum atomic E-state index is 13.4. The number of aldehydes is 1. The fourth-order valence-corrected chi connectivity index (χ4v) is 3.92. The quantitative estimate of drug-likeness (QED) is 0.501. The Morgan fingerprint density at radius 3 is 2.30 bits per heavy atom. The third-order valence-corrected chi connectivity index (χ3v) is 4.90. The van der Waals surface area contributed by atoms with Gasteiger partial charge in [-0.1, -0.05) is 19.9 Å². The van der Waals surface area contributed by atoms with Gasteiger partial charge in [-0.25, -0.2) is 9.36 Å². The van der Waals surface area contributed by atoms with E-state index >= 15 is 0 Å². The molecule has 0 saturated carbocycles. The molecule has 0 aliphatic rings. The zero-order chi connectivity index (χ0) is 22.2. The van der Waals surface area contributed by atoms with Gasteiger partial charge in [0, 0.05) is 28.8 Å². The van der Waals surface area contributed by atoms with Crippen molar-refractivity contribution in [2.45, 2.75) is 66.4 Å². The summed E-state index contributed by atoms with van der Waals surface area (Å²) in [7, 11) is 0. The lowest BCUT2D eigenvalue weighted by Gasteiger charge is -2.21. The van der Waals surface area contributed by atoms with Gasteiger partial charge in [0.2, 0.25) is 0 Å². The largest absolute Gasteiger partial charge is 0.443 e. The predicted molar refractivity (Wildman–Crippen MR) is 120 cm³/mol. The van der Waals surface area contributed by atoms with Crippen LogP contribution >= 0.6 is 0 Å². The van der Waals surface area contributed by atoms with Crippen LogP contribution in [0, 0.1) is 13.8 Å². The molecule has 0 radical (unpaired) electrons. The summed E-state index contributed by atoms with van der Waals surface area (Å²) >= 11 is 0. The number of aryl methyl sites for hydroxylation is 2. The Labute approximate surface area is 178 Å². The molecule has 0 saturated heterocycles. The molecule has 0 spiro atoms. The molecule has 158 valence electrons. The average Bonchev–Trinajstić information content (AvgIpc) is 2.94. The zero-order valence-corrected chi connectivity index (χ0v) is 18.9. The van der Waals surface area contributed by atoms with Gasteiger partial charge in [-0.2, -0.15) is 0 Å². The number of nitrogens with zero attached hydrogens (tertiary/aromatic N) is 2. The highest BCUT2D eigenvalue weighted by molar-refractivity contribution is 6.00. The molecular formula is C25H30N2O3. The van der Waals surface area contributed by atoms with E-state index in [-0.39, 0.29) is 5.92 Å². The number of carbonyl (C=O) groups excluding carboxylic acids is 2. The molecule has 3 rings (SSSR count). The van der Waals surface area contributed by atoms with Crippen LogP contribution in [-0.2, 0) is 16.0 Å². The van der Waals surface area contributed by atoms with E-state index in [1.54, 1.807) is 4.57 Å². The first kappa shape index (κ1) is 21.8. The number of benzene rings is 1. The Kier molecular flexibility index (Phi) is 5.84. The molecular weight excluding hydrogens is 376 g/mol. The summed E-state index contributed by atoms with van der Waals surface area (Å²) in [5.74, 6) is 0.159. The SMILES string of the molecule is Cc1cc(-c2c(C(C)C)c3cc(CC=O)ccc3n2C(=O)OC(C)(C)C)cc(C)n1. The van der Waals surface area contributed by atoms with Crippen molar-refractivity contribution in [3.63, 3.8) is 0 Å². The van der Waals surface area contributed by atoms with Crippen molar-refractivity contribution in [1.29, 1.82) is 0 Å². The molecule has 0 aliphatic heterocycles. The van der Waals surface area contributed by atoms with Gasteiger partial charge in [0.05, 0.1) is 11.2 Å². The van der Waals surface area contributed by atoms with Crippen LogP contribution in [0.2, 0.25) is 0 Å². The minimum absolute atomic E-state index is 0.159. The first-order valence-corrected chi connectivity index (χ1v) is 10.3. The van der Waals surface area contributed by atoms with Crippen LogP contribution in [0.4, 0.5) is 4.79 Å². The van der Waals surface area contributed by atoms with E-state index in [9.17, 15) is 9.59 Å². The van der Waals surface area contributed by atoms with Gasteiger partial charge >= 0.3 is 6.09 Å². The van der Waals surface area contributed by atoms with Crippen LogP contribution in [0.15, 0.2) is 30.3 Å². The molecule has 30 heavy (non-hydrogen) atoms. The summed E-state index contributed by atoms with van der Waals surface area (Å²) in [6, 6.07) is 9.83. The second kappa shape index (κ2) is 8.05. The number of rotatable bonds is 4. The number of ether oxygens (including phenoxy) is 1. The minimum atomic E-state index is -0.621. The monoisotopic (exact) mass is 406 g/mol. The third-order valence-electron chi connectivity index (χ3n) is 4.90. The summed E-state index contributed by atoms with van der Waals surface area (Å²) in [4.78, 5) is 28.9. The Hall–Kier alpha value is -2.95. The standard InChI is InChI=1S/C25H30N2O3/c1-15(2)22-20-14-18(10-11-28)8-9-21(20)27(24(29)30-25(5,6)7)23(22)19-12-16(3)26-17(4)13-19/h8-9,11-15H,10H2,1-7H3. The van der Waals surface area contributed by atoms with Gasteiger partial charge in [0.1, 0.15) is 11.9 Å². The molecule has 0 N–H and O–H groups in total. The third kappa shape index (κ3) is 4.30. The zero-order valence-electron chi connectivity index (χ0n) is 18.9. The highest BCUT2D eigenvalue weighted by atomic mass is 16.6. The molecule has 0 amide bonds. The van der Waals surface area contributed by atoms with Crippen LogP contribution in [0.3, 0.4) is 0 Å². The van der Waals surface area contributed by atoms with Crippen molar-refractivity contribution in [2.75, 3.05) is 0 Å². The number of aromatic nitrogens is 2.